The van der Waals surface area contributed by atoms with E-state index in [4.69, 9.17) is 9.47 Å². The summed E-state index contributed by atoms with van der Waals surface area (Å²) in [4.78, 5) is 64.6. The molecule has 0 heterocycles. The van der Waals surface area contributed by atoms with Crippen molar-refractivity contribution in [2.75, 3.05) is 13.2 Å². The highest BCUT2D eigenvalue weighted by molar-refractivity contribution is 14.1. The summed E-state index contributed by atoms with van der Waals surface area (Å²) < 4.78 is 8.55. The third kappa shape index (κ3) is 5.50. The van der Waals surface area contributed by atoms with Gasteiger partial charge in [0, 0.05) is 14.1 Å². The van der Waals surface area contributed by atoms with E-state index < -0.39 is 56.0 Å². The van der Waals surface area contributed by atoms with Crippen molar-refractivity contribution in [2.24, 2.45) is 17.3 Å². The van der Waals surface area contributed by atoms with E-state index in [0.29, 0.717) is 0 Å². The lowest BCUT2D eigenvalue weighted by molar-refractivity contribution is -0.168. The summed E-state index contributed by atoms with van der Waals surface area (Å²) in [6, 6.07) is 0. The first-order valence-corrected chi connectivity index (χ1v) is 14.1. The summed E-state index contributed by atoms with van der Waals surface area (Å²) in [6.07, 6.45) is -0.0192. The first-order chi connectivity index (χ1) is 16.2. The molecule has 1 aliphatic carbocycles. The molecule has 0 aromatic carbocycles. The number of esters is 2. The largest absolute Gasteiger partial charge is 0.480 e. The van der Waals surface area contributed by atoms with Crippen molar-refractivity contribution in [1.82, 2.24) is 5.32 Å². The number of ether oxygens (including phenoxy) is 2. The van der Waals surface area contributed by atoms with Gasteiger partial charge in [-0.3, -0.25) is 19.2 Å². The van der Waals surface area contributed by atoms with Crippen molar-refractivity contribution >= 4 is 97.6 Å². The standard InChI is InChI=1S/C22H28I3NO9/c1-6-11(18(30)34-8-3)21(20(32)33)16(24)15(26-10(5)27)14(23)13(17(28)29)22(21,25)12(7-2)19(31)35-9-4/h11-12H,6-9H2,1-5H3,(H,26,27)(H,28,29)(H,32,33). The van der Waals surface area contributed by atoms with E-state index in [1.165, 1.54) is 6.92 Å². The van der Waals surface area contributed by atoms with Gasteiger partial charge in [0.1, 0.15) is 5.41 Å². The number of nitrogens with one attached hydrogen (secondary N) is 1. The Morgan fingerprint density at radius 1 is 0.914 bits per heavy atom. The SMILES string of the molecule is CCOC(=O)C(CC)C1(I)C(C(=O)O)=C(I)C(NC(C)=O)=C(I)C1(C(=O)O)C(CC)C(=O)OCC. The van der Waals surface area contributed by atoms with Crippen LogP contribution in [0.1, 0.15) is 47.5 Å². The summed E-state index contributed by atoms with van der Waals surface area (Å²) >= 11 is 5.17. The van der Waals surface area contributed by atoms with E-state index in [2.05, 4.69) is 5.32 Å². The van der Waals surface area contributed by atoms with Gasteiger partial charge in [-0.05, 0) is 71.9 Å². The Morgan fingerprint density at radius 3 is 1.71 bits per heavy atom. The summed E-state index contributed by atoms with van der Waals surface area (Å²) in [7, 11) is 0. The predicted octanol–water partition coefficient (Wildman–Crippen LogP) is 3.98. The molecule has 0 aliphatic heterocycles. The first-order valence-electron chi connectivity index (χ1n) is 10.8. The van der Waals surface area contributed by atoms with Gasteiger partial charge in [0.15, 0.2) is 0 Å². The normalized spacial score (nSPS) is 23.9. The molecule has 4 unspecified atom stereocenters. The molecule has 35 heavy (non-hydrogen) atoms. The van der Waals surface area contributed by atoms with E-state index in [-0.39, 0.29) is 38.9 Å². The maximum atomic E-state index is 13.4. The van der Waals surface area contributed by atoms with Crippen LogP contribution in [0.5, 0.6) is 0 Å². The van der Waals surface area contributed by atoms with Gasteiger partial charge in [-0.15, -0.1) is 0 Å². The number of alkyl halides is 1. The number of hydrogen-bond acceptors (Lipinski definition) is 7. The molecule has 0 saturated carbocycles. The number of aliphatic carboxylic acids is 2. The fourth-order valence-corrected chi connectivity index (χ4v) is 10.6. The molecule has 13 heteroatoms. The number of rotatable bonds is 11. The molecule has 0 aromatic heterocycles. The lowest BCUT2D eigenvalue weighted by atomic mass is 9.56. The minimum atomic E-state index is -2.29. The second-order valence-corrected chi connectivity index (χ2v) is 11.5. The second kappa shape index (κ2) is 13.0. The molecule has 4 atom stereocenters. The van der Waals surface area contributed by atoms with Gasteiger partial charge in [-0.25, -0.2) is 4.79 Å². The van der Waals surface area contributed by atoms with Crippen LogP contribution in [0, 0.1) is 17.3 Å². The van der Waals surface area contributed by atoms with Crippen LogP contribution >= 0.6 is 67.8 Å². The van der Waals surface area contributed by atoms with E-state index in [9.17, 15) is 34.2 Å². The molecule has 0 saturated heterocycles. The number of halogens is 3. The Balaban J connectivity index is 4.45. The van der Waals surface area contributed by atoms with Gasteiger partial charge in [0.25, 0.3) is 0 Å². The number of carboxylic acids is 2. The molecule has 0 spiro atoms. The van der Waals surface area contributed by atoms with Crippen LogP contribution in [-0.4, -0.2) is 56.6 Å². The molecule has 10 nitrogen and oxygen atoms in total. The summed E-state index contributed by atoms with van der Waals surface area (Å²) in [6.45, 7) is 7.51. The molecule has 1 amide bonds. The lowest BCUT2D eigenvalue weighted by Gasteiger charge is -2.53. The zero-order valence-electron chi connectivity index (χ0n) is 19.9. The molecule has 0 fully saturated rings. The van der Waals surface area contributed by atoms with Crippen LogP contribution in [0.3, 0.4) is 0 Å². The Labute approximate surface area is 244 Å². The van der Waals surface area contributed by atoms with Gasteiger partial charge in [0.2, 0.25) is 5.91 Å². The van der Waals surface area contributed by atoms with E-state index >= 15 is 0 Å². The van der Waals surface area contributed by atoms with E-state index in [1.54, 1.807) is 95.5 Å². The monoisotopic (exact) mass is 831 g/mol. The summed E-state index contributed by atoms with van der Waals surface area (Å²) in [5, 5.41) is 23.8. The molecule has 0 radical (unpaired) electrons. The molecule has 3 N–H and O–H groups in total. The average Bonchev–Trinajstić information content (AvgIpc) is 2.74. The minimum Gasteiger partial charge on any atom is -0.480 e. The van der Waals surface area contributed by atoms with Gasteiger partial charge in [-0.1, -0.05) is 36.4 Å². The molecule has 196 valence electrons. The number of hydrogen-bond donors (Lipinski definition) is 3. The van der Waals surface area contributed by atoms with Gasteiger partial charge >= 0.3 is 23.9 Å². The van der Waals surface area contributed by atoms with Gasteiger partial charge in [-0.2, -0.15) is 0 Å². The van der Waals surface area contributed by atoms with Crippen LogP contribution in [0.25, 0.3) is 0 Å². The third-order valence-corrected chi connectivity index (χ3v) is 10.4. The molecular weight excluding hydrogens is 803 g/mol. The topological polar surface area (TPSA) is 156 Å². The van der Waals surface area contributed by atoms with Gasteiger partial charge < -0.3 is 25.0 Å². The van der Waals surface area contributed by atoms with Crippen molar-refractivity contribution in [1.29, 1.82) is 0 Å². The zero-order valence-corrected chi connectivity index (χ0v) is 26.3. The van der Waals surface area contributed by atoms with Crippen molar-refractivity contribution in [2.45, 2.75) is 50.9 Å². The van der Waals surface area contributed by atoms with Crippen LogP contribution in [-0.2, 0) is 33.4 Å². The van der Waals surface area contributed by atoms with Crippen LogP contribution in [0.15, 0.2) is 18.4 Å². The van der Waals surface area contributed by atoms with Gasteiger partial charge in [0.05, 0.1) is 39.7 Å². The summed E-state index contributed by atoms with van der Waals surface area (Å²) in [5.41, 5.74) is -2.73. The highest BCUT2D eigenvalue weighted by Gasteiger charge is 2.72. The fourth-order valence-electron chi connectivity index (χ4n) is 4.47. The smallest absolute Gasteiger partial charge is 0.334 e. The van der Waals surface area contributed by atoms with E-state index in [1.807, 2.05) is 0 Å². The quantitative estimate of drug-likeness (QED) is 0.159. The Kier molecular flexibility index (Phi) is 11.9. The maximum absolute atomic E-state index is 13.4. The Morgan fingerprint density at radius 2 is 1.37 bits per heavy atom. The van der Waals surface area contributed by atoms with Crippen molar-refractivity contribution in [3.8, 4) is 0 Å². The molecule has 1 rings (SSSR count). The molecular formula is C22H28I3NO9. The second-order valence-electron chi connectivity index (χ2n) is 7.61. The van der Waals surface area contributed by atoms with Crippen LogP contribution in [0.2, 0.25) is 0 Å². The Bertz CT molecular complexity index is 977. The first kappa shape index (κ1) is 32.0. The highest BCUT2D eigenvalue weighted by atomic mass is 127. The minimum absolute atomic E-state index is 0.00943. The lowest BCUT2D eigenvalue weighted by Crippen LogP contribution is -2.64. The Hall–Kier alpha value is -0.980. The number of carbonyl (C=O) groups excluding carboxylic acids is 3. The maximum Gasteiger partial charge on any atom is 0.334 e. The molecule has 0 aromatic rings. The predicted molar refractivity (Wildman–Crippen MR) is 151 cm³/mol. The fraction of sp³-hybridized carbons (Fsp3) is 0.591. The number of carbonyl (C=O) groups is 5. The molecule has 0 bridgehead atoms. The van der Waals surface area contributed by atoms with Crippen LogP contribution < -0.4 is 5.32 Å². The van der Waals surface area contributed by atoms with Crippen molar-refractivity contribution in [3.63, 3.8) is 0 Å². The van der Waals surface area contributed by atoms with Crippen molar-refractivity contribution in [3.05, 3.63) is 18.4 Å². The number of allylic oxidation sites excluding steroid dienone is 1. The average molecular weight is 831 g/mol. The number of carboxylic acid groups (broad SMARTS) is 2. The summed E-state index contributed by atoms with van der Waals surface area (Å²) in [5.74, 6) is -7.86. The zero-order chi connectivity index (χ0) is 27.3. The van der Waals surface area contributed by atoms with Crippen molar-refractivity contribution < 1.29 is 43.7 Å². The van der Waals surface area contributed by atoms with Crippen LogP contribution in [0.4, 0.5) is 0 Å². The highest BCUT2D eigenvalue weighted by Crippen LogP contribution is 2.65. The van der Waals surface area contributed by atoms with E-state index in [0.717, 1.165) is 0 Å². The molecule has 1 aliphatic rings. The number of amides is 1. The third-order valence-electron chi connectivity index (χ3n) is 5.76.